The van der Waals surface area contributed by atoms with Crippen molar-refractivity contribution in [1.29, 1.82) is 0 Å². The Bertz CT molecular complexity index is 598. The van der Waals surface area contributed by atoms with Gasteiger partial charge in [0, 0.05) is 5.56 Å². The van der Waals surface area contributed by atoms with Crippen molar-refractivity contribution in [3.63, 3.8) is 0 Å². The van der Waals surface area contributed by atoms with E-state index in [2.05, 4.69) is 10.1 Å². The molecule has 0 aliphatic rings. The molecule has 0 aliphatic carbocycles. The average molecular weight is 320 g/mol. The Balaban J connectivity index is 2.41. The van der Waals surface area contributed by atoms with E-state index >= 15 is 0 Å². The summed E-state index contributed by atoms with van der Waals surface area (Å²) in [4.78, 5) is 0. The zero-order chi connectivity index (χ0) is 15.5. The SMILES string of the molecule is CCNC(c1ccc(Cl)o1)c1ccccc1OC(F)(F)F. The minimum absolute atomic E-state index is 0.169. The Morgan fingerprint density at radius 3 is 2.52 bits per heavy atom. The van der Waals surface area contributed by atoms with Crippen LogP contribution in [0.15, 0.2) is 40.8 Å². The molecule has 0 bridgehead atoms. The molecular weight excluding hydrogens is 307 g/mol. The first kappa shape index (κ1) is 15.7. The van der Waals surface area contributed by atoms with Crippen LogP contribution in [0.1, 0.15) is 24.3 Å². The van der Waals surface area contributed by atoms with Crippen molar-refractivity contribution < 1.29 is 22.3 Å². The highest BCUT2D eigenvalue weighted by molar-refractivity contribution is 6.28. The molecule has 2 aromatic rings. The van der Waals surface area contributed by atoms with Gasteiger partial charge in [0.2, 0.25) is 0 Å². The molecule has 1 heterocycles. The van der Waals surface area contributed by atoms with Gasteiger partial charge >= 0.3 is 6.36 Å². The highest BCUT2D eigenvalue weighted by Crippen LogP contribution is 2.34. The predicted molar refractivity (Wildman–Crippen MR) is 72.4 cm³/mol. The lowest BCUT2D eigenvalue weighted by molar-refractivity contribution is -0.275. The van der Waals surface area contributed by atoms with Crippen molar-refractivity contribution in [2.45, 2.75) is 19.3 Å². The molecule has 2 rings (SSSR count). The third-order valence-corrected chi connectivity index (χ3v) is 2.95. The van der Waals surface area contributed by atoms with Crippen molar-refractivity contribution in [2.24, 2.45) is 0 Å². The van der Waals surface area contributed by atoms with Crippen LogP contribution in [0.25, 0.3) is 0 Å². The number of rotatable bonds is 5. The second-order valence-corrected chi connectivity index (χ2v) is 4.59. The predicted octanol–water partition coefficient (Wildman–Crippen LogP) is 4.53. The highest BCUT2D eigenvalue weighted by Gasteiger charge is 2.33. The van der Waals surface area contributed by atoms with Crippen molar-refractivity contribution in [1.82, 2.24) is 5.32 Å². The number of furan rings is 1. The van der Waals surface area contributed by atoms with Crippen LogP contribution < -0.4 is 10.1 Å². The molecule has 1 aromatic heterocycles. The summed E-state index contributed by atoms with van der Waals surface area (Å²) in [6.07, 6.45) is -4.76. The quantitative estimate of drug-likeness (QED) is 0.879. The lowest BCUT2D eigenvalue weighted by atomic mass is 10.0. The largest absolute Gasteiger partial charge is 0.573 e. The second kappa shape index (κ2) is 6.41. The Labute approximate surface area is 124 Å². The van der Waals surface area contributed by atoms with E-state index in [1.165, 1.54) is 18.2 Å². The summed E-state index contributed by atoms with van der Waals surface area (Å²) in [6.45, 7) is 2.37. The number of alkyl halides is 3. The third kappa shape index (κ3) is 4.15. The molecule has 1 aromatic carbocycles. The topological polar surface area (TPSA) is 34.4 Å². The zero-order valence-corrected chi connectivity index (χ0v) is 11.8. The molecule has 0 saturated carbocycles. The molecule has 0 aliphatic heterocycles. The first-order chi connectivity index (χ1) is 9.90. The number of hydrogen-bond acceptors (Lipinski definition) is 3. The molecule has 0 radical (unpaired) electrons. The van der Waals surface area contributed by atoms with Gasteiger partial charge in [-0.1, -0.05) is 25.1 Å². The molecule has 3 nitrogen and oxygen atoms in total. The van der Waals surface area contributed by atoms with Crippen LogP contribution in [-0.2, 0) is 0 Å². The summed E-state index contributed by atoms with van der Waals surface area (Å²) >= 11 is 5.73. The number of benzene rings is 1. The van der Waals surface area contributed by atoms with E-state index in [0.717, 1.165) is 0 Å². The maximum atomic E-state index is 12.5. The molecule has 21 heavy (non-hydrogen) atoms. The maximum absolute atomic E-state index is 12.5. The molecule has 1 N–H and O–H groups in total. The lowest BCUT2D eigenvalue weighted by Crippen LogP contribution is -2.24. The van der Waals surface area contributed by atoms with E-state index in [4.69, 9.17) is 16.0 Å². The van der Waals surface area contributed by atoms with E-state index in [1.807, 2.05) is 6.92 Å². The monoisotopic (exact) mass is 319 g/mol. The van der Waals surface area contributed by atoms with Crippen LogP contribution in [0.2, 0.25) is 5.22 Å². The average Bonchev–Trinajstić information content (AvgIpc) is 2.82. The summed E-state index contributed by atoms with van der Waals surface area (Å²) in [7, 11) is 0. The summed E-state index contributed by atoms with van der Waals surface area (Å²) in [5.41, 5.74) is 0.322. The van der Waals surface area contributed by atoms with Crippen LogP contribution in [-0.4, -0.2) is 12.9 Å². The van der Waals surface area contributed by atoms with E-state index in [-0.39, 0.29) is 11.0 Å². The van der Waals surface area contributed by atoms with Gasteiger partial charge in [0.05, 0.1) is 6.04 Å². The zero-order valence-electron chi connectivity index (χ0n) is 11.1. The fraction of sp³-hybridized carbons (Fsp3) is 0.286. The van der Waals surface area contributed by atoms with Gasteiger partial charge in [-0.15, -0.1) is 13.2 Å². The molecule has 0 saturated heterocycles. The Kier molecular flexibility index (Phi) is 4.80. The Hall–Kier alpha value is -1.66. The summed E-state index contributed by atoms with van der Waals surface area (Å²) < 4.78 is 46.8. The summed E-state index contributed by atoms with van der Waals surface area (Å²) in [5.74, 6) is 0.142. The molecule has 0 amide bonds. The van der Waals surface area contributed by atoms with Crippen LogP contribution in [0, 0.1) is 0 Å². The number of para-hydroxylation sites is 1. The van der Waals surface area contributed by atoms with Crippen LogP contribution >= 0.6 is 11.6 Å². The molecule has 114 valence electrons. The lowest BCUT2D eigenvalue weighted by Gasteiger charge is -2.20. The van der Waals surface area contributed by atoms with E-state index in [1.54, 1.807) is 18.2 Å². The molecule has 0 fully saturated rings. The summed E-state index contributed by atoms with van der Waals surface area (Å²) in [5, 5.41) is 3.22. The molecule has 7 heteroatoms. The third-order valence-electron chi connectivity index (χ3n) is 2.74. The van der Waals surface area contributed by atoms with Crippen LogP contribution in [0.3, 0.4) is 0 Å². The first-order valence-electron chi connectivity index (χ1n) is 6.24. The number of halogens is 4. The number of nitrogens with one attached hydrogen (secondary N) is 1. The van der Waals surface area contributed by atoms with Crippen LogP contribution in [0.4, 0.5) is 13.2 Å². The normalized spacial score (nSPS) is 13.2. The van der Waals surface area contributed by atoms with Crippen molar-refractivity contribution in [2.75, 3.05) is 6.54 Å². The van der Waals surface area contributed by atoms with Gasteiger partial charge in [-0.2, -0.15) is 0 Å². The molecule has 1 unspecified atom stereocenters. The van der Waals surface area contributed by atoms with Crippen molar-refractivity contribution in [3.8, 4) is 5.75 Å². The van der Waals surface area contributed by atoms with Gasteiger partial charge < -0.3 is 14.5 Å². The van der Waals surface area contributed by atoms with E-state index in [0.29, 0.717) is 17.9 Å². The van der Waals surface area contributed by atoms with Gasteiger partial charge in [0.1, 0.15) is 11.5 Å². The number of hydrogen-bond donors (Lipinski definition) is 1. The molecule has 1 atom stereocenters. The Morgan fingerprint density at radius 2 is 1.95 bits per heavy atom. The minimum Gasteiger partial charge on any atom is -0.448 e. The van der Waals surface area contributed by atoms with E-state index in [9.17, 15) is 13.2 Å². The fourth-order valence-electron chi connectivity index (χ4n) is 1.99. The smallest absolute Gasteiger partial charge is 0.448 e. The van der Waals surface area contributed by atoms with E-state index < -0.39 is 12.4 Å². The minimum atomic E-state index is -4.76. The molecule has 0 spiro atoms. The van der Waals surface area contributed by atoms with Crippen molar-refractivity contribution in [3.05, 3.63) is 52.9 Å². The van der Waals surface area contributed by atoms with Gasteiger partial charge in [0.25, 0.3) is 0 Å². The molecular formula is C14H13ClF3NO2. The fourth-order valence-corrected chi connectivity index (χ4v) is 2.14. The second-order valence-electron chi connectivity index (χ2n) is 4.22. The summed E-state index contributed by atoms with van der Waals surface area (Å²) in [6, 6.07) is 8.48. The van der Waals surface area contributed by atoms with Gasteiger partial charge in [0.15, 0.2) is 5.22 Å². The number of ether oxygens (including phenoxy) is 1. The Morgan fingerprint density at radius 1 is 1.24 bits per heavy atom. The van der Waals surface area contributed by atoms with Crippen LogP contribution in [0.5, 0.6) is 5.75 Å². The van der Waals surface area contributed by atoms with Gasteiger partial charge in [-0.05, 0) is 36.3 Å². The van der Waals surface area contributed by atoms with Gasteiger partial charge in [-0.3, -0.25) is 0 Å². The maximum Gasteiger partial charge on any atom is 0.573 e. The first-order valence-corrected chi connectivity index (χ1v) is 6.62. The highest BCUT2D eigenvalue weighted by atomic mass is 35.5. The standard InChI is InChI=1S/C14H13ClF3NO2/c1-2-19-13(11-7-8-12(15)20-11)9-5-3-4-6-10(9)21-14(16,17)18/h3-8,13,19H,2H2,1H3. The van der Waals surface area contributed by atoms with Gasteiger partial charge in [-0.25, -0.2) is 0 Å². The van der Waals surface area contributed by atoms with Crippen molar-refractivity contribution >= 4 is 11.6 Å².